The van der Waals surface area contributed by atoms with Gasteiger partial charge in [0.05, 0.1) is 5.75 Å². The van der Waals surface area contributed by atoms with Crippen LogP contribution in [-0.4, -0.2) is 31.4 Å². The second-order valence-corrected chi connectivity index (χ2v) is 8.04. The number of aryl methyl sites for hydroxylation is 1. The summed E-state index contributed by atoms with van der Waals surface area (Å²) in [5.74, 6) is 1.53. The summed E-state index contributed by atoms with van der Waals surface area (Å²) in [5, 5.41) is 12.4. The zero-order valence-electron chi connectivity index (χ0n) is 16.4. The van der Waals surface area contributed by atoms with Gasteiger partial charge in [-0.2, -0.15) is 0 Å². The fraction of sp³-hybridized carbons (Fsp3) is 0.333. The minimum absolute atomic E-state index is 0.0184. The van der Waals surface area contributed by atoms with Gasteiger partial charge in [-0.15, -0.1) is 10.2 Å². The predicted molar refractivity (Wildman–Crippen MR) is 112 cm³/mol. The third-order valence-corrected chi connectivity index (χ3v) is 5.11. The molecule has 0 bridgehead atoms. The Morgan fingerprint density at radius 1 is 1.11 bits per heavy atom. The number of hydrogen-bond donors (Lipinski definition) is 1. The van der Waals surface area contributed by atoms with Gasteiger partial charge in [-0.3, -0.25) is 9.78 Å². The van der Waals surface area contributed by atoms with Crippen LogP contribution in [0.2, 0.25) is 0 Å². The molecule has 0 unspecified atom stereocenters. The molecule has 0 saturated carbocycles. The van der Waals surface area contributed by atoms with Gasteiger partial charge in [0.1, 0.15) is 0 Å². The number of carbonyl (C=O) groups excluding carboxylic acids is 1. The molecule has 2 heterocycles. The van der Waals surface area contributed by atoms with E-state index in [4.69, 9.17) is 0 Å². The van der Waals surface area contributed by atoms with Crippen molar-refractivity contribution >= 4 is 17.7 Å². The summed E-state index contributed by atoms with van der Waals surface area (Å²) in [6, 6.07) is 12.0. The first kappa shape index (κ1) is 20.1. The molecule has 1 amide bonds. The Bertz CT molecular complexity index is 906. The third kappa shape index (κ3) is 5.42. The number of hydrogen-bond acceptors (Lipinski definition) is 5. The molecule has 0 spiro atoms. The van der Waals surface area contributed by atoms with E-state index in [0.29, 0.717) is 18.2 Å². The van der Waals surface area contributed by atoms with Crippen molar-refractivity contribution in [1.29, 1.82) is 0 Å². The molecule has 6 nitrogen and oxygen atoms in total. The molecule has 0 saturated heterocycles. The smallest absolute Gasteiger partial charge is 0.230 e. The summed E-state index contributed by atoms with van der Waals surface area (Å²) in [6.07, 6.45) is 3.49. The number of pyridine rings is 1. The van der Waals surface area contributed by atoms with Crippen LogP contribution < -0.4 is 5.32 Å². The van der Waals surface area contributed by atoms with Crippen molar-refractivity contribution in [3.8, 4) is 11.4 Å². The number of rotatable bonds is 8. The predicted octanol–water partition coefficient (Wildman–Crippen LogP) is 3.71. The van der Waals surface area contributed by atoms with Gasteiger partial charge in [0.25, 0.3) is 0 Å². The van der Waals surface area contributed by atoms with Crippen molar-refractivity contribution in [2.45, 2.75) is 39.0 Å². The van der Waals surface area contributed by atoms with Crippen LogP contribution in [0.1, 0.15) is 25.0 Å². The van der Waals surface area contributed by atoms with Crippen molar-refractivity contribution in [3.63, 3.8) is 0 Å². The summed E-state index contributed by atoms with van der Waals surface area (Å²) in [4.78, 5) is 16.3. The Hall–Kier alpha value is -2.67. The molecular formula is C21H25N5OS. The highest BCUT2D eigenvalue weighted by Crippen LogP contribution is 2.24. The summed E-state index contributed by atoms with van der Waals surface area (Å²) in [7, 11) is 0. The molecule has 1 aromatic carbocycles. The monoisotopic (exact) mass is 395 g/mol. The Morgan fingerprint density at radius 3 is 2.50 bits per heavy atom. The first-order valence-electron chi connectivity index (χ1n) is 9.31. The Morgan fingerprint density at radius 2 is 1.82 bits per heavy atom. The van der Waals surface area contributed by atoms with E-state index in [0.717, 1.165) is 28.7 Å². The zero-order chi connectivity index (χ0) is 19.9. The molecule has 0 aliphatic carbocycles. The molecule has 0 atom stereocenters. The van der Waals surface area contributed by atoms with Crippen molar-refractivity contribution in [1.82, 2.24) is 25.1 Å². The number of nitrogens with one attached hydrogen (secondary N) is 1. The molecule has 0 fully saturated rings. The highest BCUT2D eigenvalue weighted by molar-refractivity contribution is 7.99. The lowest BCUT2D eigenvalue weighted by Crippen LogP contribution is -2.24. The number of thioether (sulfide) groups is 1. The third-order valence-electron chi connectivity index (χ3n) is 4.15. The SMILES string of the molecule is Cc1ccc(CNC(=O)CSc2nnc(-c3ccncc3)n2CC(C)C)cc1. The van der Waals surface area contributed by atoms with Crippen LogP contribution in [0.15, 0.2) is 53.9 Å². The van der Waals surface area contributed by atoms with E-state index < -0.39 is 0 Å². The van der Waals surface area contributed by atoms with Gasteiger partial charge < -0.3 is 9.88 Å². The van der Waals surface area contributed by atoms with Crippen LogP contribution in [0.4, 0.5) is 0 Å². The van der Waals surface area contributed by atoms with Crippen molar-refractivity contribution in [3.05, 3.63) is 59.9 Å². The quantitative estimate of drug-likeness (QED) is 0.589. The Kier molecular flexibility index (Phi) is 6.81. The second kappa shape index (κ2) is 9.50. The van der Waals surface area contributed by atoms with Crippen LogP contribution in [-0.2, 0) is 17.9 Å². The van der Waals surface area contributed by atoms with Crippen LogP contribution in [0.3, 0.4) is 0 Å². The van der Waals surface area contributed by atoms with Gasteiger partial charge in [-0.25, -0.2) is 0 Å². The molecular weight excluding hydrogens is 370 g/mol. The molecule has 0 aliphatic rings. The molecule has 0 aliphatic heterocycles. The number of amides is 1. The Labute approximate surface area is 169 Å². The van der Waals surface area contributed by atoms with Gasteiger partial charge in [0.15, 0.2) is 11.0 Å². The minimum Gasteiger partial charge on any atom is -0.351 e. The van der Waals surface area contributed by atoms with E-state index in [-0.39, 0.29) is 5.91 Å². The van der Waals surface area contributed by atoms with E-state index in [1.165, 1.54) is 17.3 Å². The largest absolute Gasteiger partial charge is 0.351 e. The van der Waals surface area contributed by atoms with E-state index in [1.807, 2.05) is 43.3 Å². The highest BCUT2D eigenvalue weighted by atomic mass is 32.2. The standard InChI is InChI=1S/C21H25N5OS/c1-15(2)13-26-20(18-8-10-22-11-9-18)24-25-21(26)28-14-19(27)23-12-17-6-4-16(3)5-7-17/h4-11,15H,12-14H2,1-3H3,(H,23,27). The zero-order valence-corrected chi connectivity index (χ0v) is 17.2. The normalized spacial score (nSPS) is 11.0. The lowest BCUT2D eigenvalue weighted by molar-refractivity contribution is -0.118. The van der Waals surface area contributed by atoms with Crippen molar-refractivity contribution in [2.24, 2.45) is 5.92 Å². The summed E-state index contributed by atoms with van der Waals surface area (Å²) in [6.45, 7) is 7.67. The first-order valence-corrected chi connectivity index (χ1v) is 10.3. The van der Waals surface area contributed by atoms with Gasteiger partial charge >= 0.3 is 0 Å². The fourth-order valence-corrected chi connectivity index (χ4v) is 3.51. The minimum atomic E-state index is -0.0184. The fourth-order valence-electron chi connectivity index (χ4n) is 2.73. The van der Waals surface area contributed by atoms with E-state index in [2.05, 4.69) is 38.9 Å². The number of carbonyl (C=O) groups is 1. The molecule has 2 aromatic heterocycles. The van der Waals surface area contributed by atoms with Crippen LogP contribution in [0.25, 0.3) is 11.4 Å². The lowest BCUT2D eigenvalue weighted by atomic mass is 10.1. The number of nitrogens with zero attached hydrogens (tertiary/aromatic N) is 4. The maximum absolute atomic E-state index is 12.3. The molecule has 0 radical (unpaired) electrons. The Balaban J connectivity index is 1.64. The summed E-state index contributed by atoms with van der Waals surface area (Å²) < 4.78 is 2.08. The molecule has 3 aromatic rings. The topological polar surface area (TPSA) is 72.7 Å². The van der Waals surface area contributed by atoms with Crippen molar-refractivity contribution < 1.29 is 4.79 Å². The van der Waals surface area contributed by atoms with Gasteiger partial charge in [0.2, 0.25) is 5.91 Å². The maximum atomic E-state index is 12.3. The number of aromatic nitrogens is 4. The van der Waals surface area contributed by atoms with Crippen LogP contribution in [0, 0.1) is 12.8 Å². The van der Waals surface area contributed by atoms with E-state index in [1.54, 1.807) is 12.4 Å². The van der Waals surface area contributed by atoms with Crippen molar-refractivity contribution in [2.75, 3.05) is 5.75 Å². The molecule has 28 heavy (non-hydrogen) atoms. The first-order chi connectivity index (χ1) is 13.5. The molecule has 7 heteroatoms. The average molecular weight is 396 g/mol. The maximum Gasteiger partial charge on any atom is 0.230 e. The molecule has 146 valence electrons. The summed E-state index contributed by atoms with van der Waals surface area (Å²) in [5.41, 5.74) is 3.27. The molecule has 1 N–H and O–H groups in total. The van der Waals surface area contributed by atoms with Gasteiger partial charge in [-0.1, -0.05) is 55.4 Å². The van der Waals surface area contributed by atoms with E-state index >= 15 is 0 Å². The average Bonchev–Trinajstić information content (AvgIpc) is 3.08. The second-order valence-electron chi connectivity index (χ2n) is 7.10. The lowest BCUT2D eigenvalue weighted by Gasteiger charge is -2.12. The van der Waals surface area contributed by atoms with Gasteiger partial charge in [0, 0.05) is 31.0 Å². The van der Waals surface area contributed by atoms with Crippen LogP contribution in [0.5, 0.6) is 0 Å². The molecule has 3 rings (SSSR count). The summed E-state index contributed by atoms with van der Waals surface area (Å²) >= 11 is 1.41. The van der Waals surface area contributed by atoms with Crippen LogP contribution >= 0.6 is 11.8 Å². The number of benzene rings is 1. The van der Waals surface area contributed by atoms with E-state index in [9.17, 15) is 4.79 Å². The highest BCUT2D eigenvalue weighted by Gasteiger charge is 2.16. The van der Waals surface area contributed by atoms with Gasteiger partial charge in [-0.05, 0) is 30.5 Å².